The summed E-state index contributed by atoms with van der Waals surface area (Å²) >= 11 is 0. The van der Waals surface area contributed by atoms with Gasteiger partial charge in [0.05, 0.1) is 11.6 Å². The van der Waals surface area contributed by atoms with Crippen molar-refractivity contribution in [2.75, 3.05) is 5.32 Å². The summed E-state index contributed by atoms with van der Waals surface area (Å²) in [6, 6.07) is 9.87. The largest absolute Gasteiger partial charge is 0.481 e. The van der Waals surface area contributed by atoms with Gasteiger partial charge in [-0.1, -0.05) is 136 Å². The highest BCUT2D eigenvalue weighted by Crippen LogP contribution is 2.28. The average Bonchev–Trinajstić information content (AvgIpc) is 3.21. The van der Waals surface area contributed by atoms with Gasteiger partial charge >= 0.3 is 5.97 Å². The number of Topliss-reactive ketones (excluding diaryl/α,β-unsaturated/α-hetero) is 1. The topological polar surface area (TPSA) is 83.5 Å². The van der Waals surface area contributed by atoms with E-state index in [0.717, 1.165) is 67.2 Å². The number of hydrogen-bond donors (Lipinski definition) is 2. The lowest BCUT2D eigenvalue weighted by molar-refractivity contribution is -0.136. The van der Waals surface area contributed by atoms with Crippen LogP contribution in [0.1, 0.15) is 182 Å². The van der Waals surface area contributed by atoms with Gasteiger partial charge in [0, 0.05) is 31.0 Å². The van der Waals surface area contributed by atoms with Crippen molar-refractivity contribution in [1.29, 1.82) is 0 Å². The van der Waals surface area contributed by atoms with Gasteiger partial charge < -0.3 is 10.4 Å². The fourth-order valence-electron chi connectivity index (χ4n) is 4.96. The van der Waals surface area contributed by atoms with Crippen LogP contribution in [-0.2, 0) is 9.59 Å². The van der Waals surface area contributed by atoms with Gasteiger partial charge in [-0.3, -0.25) is 14.4 Å². The van der Waals surface area contributed by atoms with E-state index < -0.39 is 23.8 Å². The smallest absolute Gasteiger partial charge is 0.303 e. The highest BCUT2D eigenvalue weighted by molar-refractivity contribution is 5.98. The Kier molecular flexibility index (Phi) is 38.0. The number of nitrogens with one attached hydrogen (secondary N) is 1. The number of carbonyl (C=O) groups excluding carboxylic acids is 2. The molecule has 0 saturated carbocycles. The molecule has 0 spiro atoms. The van der Waals surface area contributed by atoms with Gasteiger partial charge in [0.15, 0.2) is 12.1 Å². The lowest BCUT2D eigenvalue weighted by atomic mass is 9.90. The van der Waals surface area contributed by atoms with E-state index >= 15 is 0 Å². The molecule has 2 N–H and O–H groups in total. The van der Waals surface area contributed by atoms with Gasteiger partial charge in [0.25, 0.3) is 5.92 Å². The summed E-state index contributed by atoms with van der Waals surface area (Å²) in [4.78, 5) is 33.0. The summed E-state index contributed by atoms with van der Waals surface area (Å²) in [6.07, 6.45) is 18.2. The molecule has 0 aliphatic carbocycles. The second-order valence-electron chi connectivity index (χ2n) is 13.5. The number of aryl methyl sites for hydroxylation is 1. The molecule has 0 fully saturated rings. The quantitative estimate of drug-likeness (QED) is 0.0579. The number of alkyl halides is 2. The van der Waals surface area contributed by atoms with Gasteiger partial charge in [-0.25, -0.2) is 13.2 Å². The summed E-state index contributed by atoms with van der Waals surface area (Å²) in [5, 5.41) is 10.3. The molecule has 0 amide bonds. The molecule has 0 aromatic heterocycles. The first-order valence-electron chi connectivity index (χ1n) is 21.4. The molecule has 2 rings (SSSR count). The molecule has 59 heavy (non-hydrogen) atoms. The molecular formula is C51H80F3NO4. The number of allylic oxidation sites excluding steroid dienone is 9. The maximum atomic E-state index is 13.8. The Balaban J connectivity index is -0.000000408. The van der Waals surface area contributed by atoms with Crippen LogP contribution in [0.15, 0.2) is 89.1 Å². The number of benzene rings is 2. The highest BCUT2D eigenvalue weighted by Gasteiger charge is 2.30. The fraction of sp³-hybridized carbons (Fsp3) is 0.510. The van der Waals surface area contributed by atoms with Gasteiger partial charge in [0.1, 0.15) is 5.82 Å². The molecule has 8 heteroatoms. The Labute approximate surface area is 358 Å². The zero-order valence-electron chi connectivity index (χ0n) is 39.7. The third kappa shape index (κ3) is 27.0. The predicted octanol–water partition coefficient (Wildman–Crippen LogP) is 16.1. The standard InChI is InChI=1S/C26H36O.C14H18F3NO.C4H8.C3H6O2.2C2H6/c1-7-12-20(4)16-17-26(22(6)13-8-2)24(19-27)18-23-14-10-11-15-25(23)21(5)9-3;1-5-12(19)13-8(2)6-10(7-11(13)15)18-9(3)14(4,16)17;1-3-4-2;1-2-3(4)5;2*1-2/h10-11,13-19,21H,7-9,12H2,1-6H3;6-7,9,18H,5H2,1-4H3;3-4H,1-2H3;2H2,1H3,(H,4,5);2*1-2H3/b20-16-,22-13-,24-18+,26-17+;;4-3-;;;. The molecule has 0 saturated heterocycles. The minimum Gasteiger partial charge on any atom is -0.481 e. The van der Waals surface area contributed by atoms with E-state index in [9.17, 15) is 27.6 Å². The predicted molar refractivity (Wildman–Crippen MR) is 251 cm³/mol. The van der Waals surface area contributed by atoms with Crippen molar-refractivity contribution in [3.63, 3.8) is 0 Å². The fourth-order valence-corrected chi connectivity index (χ4v) is 4.96. The third-order valence-corrected chi connectivity index (χ3v) is 8.67. The molecule has 5 nitrogen and oxygen atoms in total. The van der Waals surface area contributed by atoms with E-state index in [0.29, 0.717) is 11.5 Å². The molecule has 0 aliphatic heterocycles. The number of aldehydes is 1. The van der Waals surface area contributed by atoms with Crippen LogP contribution >= 0.6 is 0 Å². The van der Waals surface area contributed by atoms with E-state index in [1.165, 1.54) is 24.1 Å². The molecule has 0 radical (unpaired) electrons. The number of carboxylic acid groups (broad SMARTS) is 1. The molecule has 334 valence electrons. The number of rotatable bonds is 16. The minimum absolute atomic E-state index is 0.0314. The zero-order chi connectivity index (χ0) is 46.7. The van der Waals surface area contributed by atoms with Gasteiger partial charge in [-0.15, -0.1) is 0 Å². The Bertz CT molecular complexity index is 1600. The Morgan fingerprint density at radius 3 is 1.85 bits per heavy atom. The van der Waals surface area contributed by atoms with Crippen LogP contribution < -0.4 is 5.32 Å². The van der Waals surface area contributed by atoms with Crippen molar-refractivity contribution >= 4 is 29.8 Å². The number of carboxylic acids is 1. The van der Waals surface area contributed by atoms with Crippen molar-refractivity contribution < 1.29 is 32.7 Å². The van der Waals surface area contributed by atoms with Gasteiger partial charge in [0.2, 0.25) is 0 Å². The molecule has 0 aliphatic rings. The van der Waals surface area contributed by atoms with Crippen molar-refractivity contribution in [3.8, 4) is 0 Å². The molecule has 2 atom stereocenters. The first-order valence-corrected chi connectivity index (χ1v) is 21.4. The van der Waals surface area contributed by atoms with Crippen LogP contribution in [0.4, 0.5) is 18.9 Å². The number of hydrogen-bond acceptors (Lipinski definition) is 4. The van der Waals surface area contributed by atoms with Crippen LogP contribution in [0.2, 0.25) is 0 Å². The van der Waals surface area contributed by atoms with E-state index in [-0.39, 0.29) is 29.9 Å². The van der Waals surface area contributed by atoms with Crippen LogP contribution in [0.25, 0.3) is 6.08 Å². The summed E-state index contributed by atoms with van der Waals surface area (Å²) in [6.45, 7) is 31.9. The van der Waals surface area contributed by atoms with E-state index in [4.69, 9.17) is 5.11 Å². The third-order valence-electron chi connectivity index (χ3n) is 8.67. The Hall–Kier alpha value is -4.46. The number of aliphatic carboxylic acids is 1. The highest BCUT2D eigenvalue weighted by atomic mass is 19.3. The summed E-state index contributed by atoms with van der Waals surface area (Å²) in [5.41, 5.74) is 7.41. The molecular weight excluding hydrogens is 748 g/mol. The normalized spacial score (nSPS) is 12.6. The van der Waals surface area contributed by atoms with Crippen molar-refractivity contribution in [2.45, 2.75) is 174 Å². The minimum atomic E-state index is -2.91. The van der Waals surface area contributed by atoms with Crippen LogP contribution in [-0.4, -0.2) is 35.1 Å². The summed E-state index contributed by atoms with van der Waals surface area (Å²) in [5.74, 6) is -4.17. The summed E-state index contributed by atoms with van der Waals surface area (Å²) in [7, 11) is 0. The van der Waals surface area contributed by atoms with Gasteiger partial charge in [-0.05, 0) is 113 Å². The molecule has 2 unspecified atom stereocenters. The maximum Gasteiger partial charge on any atom is 0.303 e. The van der Waals surface area contributed by atoms with Gasteiger partial charge in [-0.2, -0.15) is 0 Å². The lowest BCUT2D eigenvalue weighted by Gasteiger charge is -2.22. The second kappa shape index (κ2) is 36.6. The molecule has 2 aromatic carbocycles. The Morgan fingerprint density at radius 2 is 1.44 bits per heavy atom. The Morgan fingerprint density at radius 1 is 0.898 bits per heavy atom. The summed E-state index contributed by atoms with van der Waals surface area (Å²) < 4.78 is 40.0. The first-order chi connectivity index (χ1) is 27.8. The van der Waals surface area contributed by atoms with Crippen molar-refractivity contribution in [3.05, 3.63) is 117 Å². The number of carbonyl (C=O) groups is 3. The molecule has 2 aromatic rings. The average molecular weight is 828 g/mol. The van der Waals surface area contributed by atoms with Crippen LogP contribution in [0.3, 0.4) is 0 Å². The molecule has 0 bridgehead atoms. The first kappa shape index (κ1) is 61.2. The van der Waals surface area contributed by atoms with Crippen molar-refractivity contribution in [2.24, 2.45) is 0 Å². The molecule has 0 heterocycles. The SMILES string of the molecule is C/C=C\C.CC.CC.CCC(=O)O.CCC(=O)c1c(C)cc(NC(C)C(C)(F)F)cc1F.CC\C=C(C)/C(=C\C=C(\C)CCC)C(/C=O)=C/c1ccccc1C(C)CC. The van der Waals surface area contributed by atoms with Crippen LogP contribution in [0.5, 0.6) is 0 Å². The van der Waals surface area contributed by atoms with Crippen molar-refractivity contribution in [1.82, 2.24) is 0 Å². The van der Waals surface area contributed by atoms with E-state index in [1.807, 2.05) is 59.8 Å². The van der Waals surface area contributed by atoms with E-state index in [2.05, 4.69) is 89.4 Å². The number of ketones is 1. The number of halogens is 3. The zero-order valence-corrected chi connectivity index (χ0v) is 39.7. The second-order valence-corrected chi connectivity index (χ2v) is 13.5. The monoisotopic (exact) mass is 828 g/mol. The maximum absolute atomic E-state index is 13.8. The van der Waals surface area contributed by atoms with Crippen LogP contribution in [0, 0.1) is 12.7 Å². The number of anilines is 1. The lowest BCUT2D eigenvalue weighted by Crippen LogP contribution is -2.34. The van der Waals surface area contributed by atoms with E-state index in [1.54, 1.807) is 20.8 Å².